The van der Waals surface area contributed by atoms with Crippen molar-refractivity contribution in [2.24, 2.45) is 5.16 Å². The Bertz CT molecular complexity index is 773. The average molecular weight is 439 g/mol. The molecule has 163 valence electrons. The summed E-state index contributed by atoms with van der Waals surface area (Å²) in [5, 5.41) is 34.7. The molecule has 0 aromatic heterocycles. The van der Waals surface area contributed by atoms with Crippen LogP contribution in [0.25, 0.3) is 0 Å². The van der Waals surface area contributed by atoms with E-state index in [9.17, 15) is 24.4 Å². The van der Waals surface area contributed by atoms with Crippen molar-refractivity contribution in [1.29, 1.82) is 0 Å². The van der Waals surface area contributed by atoms with Gasteiger partial charge >= 0.3 is 11.9 Å². The quantitative estimate of drug-likeness (QED) is 0.130. The molecule has 0 aliphatic rings. The van der Waals surface area contributed by atoms with E-state index in [-0.39, 0.29) is 23.6 Å². The number of rotatable bonds is 12. The molecule has 1 aromatic carbocycles. The summed E-state index contributed by atoms with van der Waals surface area (Å²) in [6, 6.07) is 6.49. The molecule has 2 atom stereocenters. The molecule has 0 saturated heterocycles. The van der Waals surface area contributed by atoms with Crippen molar-refractivity contribution in [3.05, 3.63) is 35.9 Å². The lowest BCUT2D eigenvalue weighted by molar-refractivity contribution is -0.139. The zero-order chi connectivity index (χ0) is 22.5. The van der Waals surface area contributed by atoms with Crippen molar-refractivity contribution in [3.8, 4) is 0 Å². The van der Waals surface area contributed by atoms with E-state index in [0.29, 0.717) is 6.42 Å². The number of benzene rings is 1. The zero-order valence-electron chi connectivity index (χ0n) is 15.9. The van der Waals surface area contributed by atoms with Gasteiger partial charge in [0, 0.05) is 18.6 Å². The summed E-state index contributed by atoms with van der Waals surface area (Å²) in [5.41, 5.74) is 8.16. The number of carbonyl (C=O) groups excluding carboxylic acids is 2. The fourth-order valence-corrected chi connectivity index (χ4v) is 3.12. The Morgan fingerprint density at radius 1 is 1.13 bits per heavy atom. The average Bonchev–Trinajstić information content (AvgIpc) is 2.72. The molecule has 11 nitrogen and oxygen atoms in total. The van der Waals surface area contributed by atoms with E-state index >= 15 is 0 Å². The molecule has 0 fully saturated rings. The van der Waals surface area contributed by atoms with Gasteiger partial charge in [-0.2, -0.15) is 0 Å². The molecule has 1 radical (unpaired) electrons. The van der Waals surface area contributed by atoms with Crippen LogP contribution in [0.2, 0.25) is 0 Å². The molecule has 0 bridgehead atoms. The van der Waals surface area contributed by atoms with Crippen LogP contribution in [0.15, 0.2) is 35.5 Å². The lowest BCUT2D eigenvalue weighted by Crippen LogP contribution is -2.49. The molecule has 0 spiro atoms. The number of oxime groups is 1. The molecule has 0 saturated carbocycles. The van der Waals surface area contributed by atoms with Crippen LogP contribution in [0.5, 0.6) is 0 Å². The summed E-state index contributed by atoms with van der Waals surface area (Å²) in [6.07, 6.45) is -0.244. The minimum atomic E-state index is -1.47. The Kier molecular flexibility index (Phi) is 10.9. The largest absolute Gasteiger partial charge is 0.480 e. The van der Waals surface area contributed by atoms with Crippen molar-refractivity contribution < 1.29 is 34.6 Å². The smallest absolute Gasteiger partial charge is 0.322 e. The number of nitrogens with one attached hydrogen (secondary N) is 3. The minimum absolute atomic E-state index is 0.0490. The number of amides is 2. The van der Waals surface area contributed by atoms with E-state index < -0.39 is 42.4 Å². The second kappa shape index (κ2) is 13.2. The highest BCUT2D eigenvalue weighted by Crippen LogP contribution is 2.13. The number of hydrogen-bond donors (Lipinski definition) is 5. The molecule has 0 aliphatic carbocycles. The predicted octanol–water partition coefficient (Wildman–Crippen LogP) is -0.0481. The van der Waals surface area contributed by atoms with Crippen LogP contribution >= 0.6 is 11.8 Å². The molecule has 1 aromatic rings. The summed E-state index contributed by atoms with van der Waals surface area (Å²) in [7, 11) is 0. The first-order chi connectivity index (χ1) is 14.2. The third kappa shape index (κ3) is 9.89. The van der Waals surface area contributed by atoms with Gasteiger partial charge in [0.25, 0.3) is 0 Å². The van der Waals surface area contributed by atoms with E-state index in [1.807, 2.05) is 30.3 Å². The maximum Gasteiger partial charge on any atom is 0.322 e. The molecule has 2 amide bonds. The number of nitrogens with zero attached hydrogens (tertiary/aromatic N) is 1. The predicted molar refractivity (Wildman–Crippen MR) is 108 cm³/mol. The normalized spacial score (nSPS) is 13.2. The van der Waals surface area contributed by atoms with Gasteiger partial charge in [-0.3, -0.25) is 19.2 Å². The van der Waals surface area contributed by atoms with Gasteiger partial charge in [-0.1, -0.05) is 35.5 Å². The standard InChI is InChI=1S/C18H23N4O7S/c19-12(18(27)28)6-7-14(23)21-13(17(26)20-9-16(24)25)10-30-15(22-29)8-11-4-2-1-3-5-11/h1-5,12-13,19,29H,6-10H2,(H,20,26)(H,21,23)(H,24,25)(H,27,28)/b22-15-. The summed E-state index contributed by atoms with van der Waals surface area (Å²) in [6.45, 7) is -0.644. The van der Waals surface area contributed by atoms with E-state index in [1.165, 1.54) is 0 Å². The molecule has 0 aliphatic heterocycles. The SMILES string of the molecule is [NH]C(CCC(=O)NC(CS/C(Cc1ccccc1)=N\O)C(=O)NCC(=O)O)C(=O)O. The van der Waals surface area contributed by atoms with Crippen LogP contribution in [-0.2, 0) is 25.6 Å². The van der Waals surface area contributed by atoms with Crippen molar-refractivity contribution in [3.63, 3.8) is 0 Å². The fraction of sp³-hybridized carbons (Fsp3) is 0.389. The monoisotopic (exact) mass is 439 g/mol. The summed E-state index contributed by atoms with van der Waals surface area (Å²) in [5.74, 6) is -4.08. The zero-order valence-corrected chi connectivity index (χ0v) is 16.7. The van der Waals surface area contributed by atoms with Gasteiger partial charge < -0.3 is 26.1 Å². The van der Waals surface area contributed by atoms with E-state index in [4.69, 9.17) is 15.9 Å². The van der Waals surface area contributed by atoms with Crippen LogP contribution in [0, 0.1) is 0 Å². The first-order valence-corrected chi connectivity index (χ1v) is 9.82. The Hall–Kier alpha value is -3.12. The number of carboxylic acids is 2. The number of thioether (sulfide) groups is 1. The maximum atomic E-state index is 12.3. The molecule has 0 heterocycles. The highest BCUT2D eigenvalue weighted by atomic mass is 32.2. The van der Waals surface area contributed by atoms with Crippen LogP contribution in [0.4, 0.5) is 0 Å². The second-order valence-corrected chi connectivity index (χ2v) is 7.22. The van der Waals surface area contributed by atoms with Gasteiger partial charge in [0.15, 0.2) is 0 Å². The van der Waals surface area contributed by atoms with Crippen molar-refractivity contribution >= 4 is 40.6 Å². The van der Waals surface area contributed by atoms with Gasteiger partial charge in [-0.15, -0.1) is 11.8 Å². The number of hydrogen-bond acceptors (Lipinski definition) is 7. The maximum absolute atomic E-state index is 12.3. The Balaban J connectivity index is 2.71. The fourth-order valence-electron chi connectivity index (χ4n) is 2.20. The second-order valence-electron chi connectivity index (χ2n) is 6.13. The third-order valence-corrected chi connectivity index (χ3v) is 4.81. The van der Waals surface area contributed by atoms with Gasteiger partial charge in [-0.25, -0.2) is 5.73 Å². The molecular weight excluding hydrogens is 416 g/mol. The molecule has 30 heavy (non-hydrogen) atoms. The summed E-state index contributed by atoms with van der Waals surface area (Å²) >= 11 is 1.00. The Morgan fingerprint density at radius 2 is 1.80 bits per heavy atom. The summed E-state index contributed by atoms with van der Waals surface area (Å²) in [4.78, 5) is 45.7. The van der Waals surface area contributed by atoms with Crippen LogP contribution in [-0.4, -0.2) is 68.6 Å². The van der Waals surface area contributed by atoms with Gasteiger partial charge in [0.1, 0.15) is 23.7 Å². The first kappa shape index (κ1) is 24.9. The first-order valence-electron chi connectivity index (χ1n) is 8.83. The number of carbonyl (C=O) groups is 4. The lowest BCUT2D eigenvalue weighted by atomic mass is 10.1. The highest BCUT2D eigenvalue weighted by molar-refractivity contribution is 8.14. The topological polar surface area (TPSA) is 189 Å². The van der Waals surface area contributed by atoms with E-state index in [0.717, 1.165) is 17.3 Å². The van der Waals surface area contributed by atoms with Crippen LogP contribution in [0.1, 0.15) is 18.4 Å². The van der Waals surface area contributed by atoms with Gasteiger partial charge in [0.05, 0.1) is 0 Å². The molecule has 1 rings (SSSR count). The number of carboxylic acid groups (broad SMARTS) is 2. The van der Waals surface area contributed by atoms with Gasteiger partial charge in [0.2, 0.25) is 11.8 Å². The Morgan fingerprint density at radius 3 is 2.37 bits per heavy atom. The van der Waals surface area contributed by atoms with Crippen molar-refractivity contribution in [1.82, 2.24) is 16.4 Å². The van der Waals surface area contributed by atoms with Crippen LogP contribution < -0.4 is 16.4 Å². The number of aliphatic carboxylic acids is 2. The molecule has 2 unspecified atom stereocenters. The molecule has 12 heteroatoms. The van der Waals surface area contributed by atoms with Crippen molar-refractivity contribution in [2.75, 3.05) is 12.3 Å². The van der Waals surface area contributed by atoms with Gasteiger partial charge in [-0.05, 0) is 12.0 Å². The highest BCUT2D eigenvalue weighted by Gasteiger charge is 2.23. The minimum Gasteiger partial charge on any atom is -0.480 e. The lowest BCUT2D eigenvalue weighted by Gasteiger charge is -2.18. The summed E-state index contributed by atoms with van der Waals surface area (Å²) < 4.78 is 0. The Labute approximate surface area is 176 Å². The van der Waals surface area contributed by atoms with E-state index in [1.54, 1.807) is 0 Å². The molecule has 6 N–H and O–H groups in total. The molecular formula is C18H23N4O7S. The van der Waals surface area contributed by atoms with Crippen molar-refractivity contribution in [2.45, 2.75) is 31.3 Å². The third-order valence-electron chi connectivity index (χ3n) is 3.75. The van der Waals surface area contributed by atoms with E-state index in [2.05, 4.69) is 15.8 Å². The van der Waals surface area contributed by atoms with Crippen LogP contribution in [0.3, 0.4) is 0 Å².